The van der Waals surface area contributed by atoms with Crippen LogP contribution < -0.4 is 0 Å². The summed E-state index contributed by atoms with van der Waals surface area (Å²) in [6, 6.07) is 0. The average Bonchev–Trinajstić information content (AvgIpc) is 3.06. The van der Waals surface area contributed by atoms with Gasteiger partial charge in [-0.1, -0.05) is 0 Å². The molecular formula is C24H49AlMgO22. The third-order valence-electron chi connectivity index (χ3n) is 7.51. The Hall–Kier alpha value is 0.129. The highest BCUT2D eigenvalue weighted by molar-refractivity contribution is 5.76. The van der Waals surface area contributed by atoms with Crippen molar-refractivity contribution < 1.29 is 110 Å². The van der Waals surface area contributed by atoms with Crippen molar-refractivity contribution in [2.24, 2.45) is 0 Å². The van der Waals surface area contributed by atoms with Crippen LogP contribution in [0.4, 0.5) is 0 Å². The molecule has 0 saturated carbocycles. The lowest BCUT2D eigenvalue weighted by Crippen LogP contribution is -2.66. The van der Waals surface area contributed by atoms with Crippen LogP contribution >= 0.6 is 0 Å². The predicted molar refractivity (Wildman–Crippen MR) is 157 cm³/mol. The zero-order valence-electron chi connectivity index (χ0n) is 24.0. The Bertz CT molecular complexity index is 895. The number of carbonyl (C=O) groups excluding carboxylic acids is 1. The van der Waals surface area contributed by atoms with Crippen molar-refractivity contribution in [2.75, 3.05) is 26.4 Å². The maximum absolute atomic E-state index is 10.6. The Morgan fingerprint density at radius 3 is 1.42 bits per heavy atom. The topological polar surface area (TPSA) is 387 Å². The monoisotopic (exact) mass is 740 g/mol. The van der Waals surface area contributed by atoms with Gasteiger partial charge in [-0.25, -0.2) is 0 Å². The van der Waals surface area contributed by atoms with Crippen molar-refractivity contribution in [3.05, 3.63) is 0 Å². The van der Waals surface area contributed by atoms with E-state index in [4.69, 9.17) is 49.2 Å². The van der Waals surface area contributed by atoms with Gasteiger partial charge in [-0.15, -0.1) is 0 Å². The molecule has 0 aliphatic carbocycles. The van der Waals surface area contributed by atoms with Gasteiger partial charge in [0.25, 0.3) is 0 Å². The van der Waals surface area contributed by atoms with E-state index in [0.29, 0.717) is 0 Å². The van der Waals surface area contributed by atoms with Gasteiger partial charge in [0.1, 0.15) is 97.7 Å². The minimum Gasteiger partial charge on any atom is -0.394 e. The Morgan fingerprint density at radius 2 is 0.979 bits per heavy atom. The molecule has 0 radical (unpaired) electrons. The molecule has 0 bridgehead atoms. The van der Waals surface area contributed by atoms with E-state index in [1.807, 2.05) is 0 Å². The van der Waals surface area contributed by atoms with Crippen LogP contribution in [0.2, 0.25) is 0 Å². The van der Waals surface area contributed by atoms with Crippen LogP contribution in [-0.4, -0.2) is 271 Å². The molecule has 3 rings (SSSR count). The number of aldehydes is 1. The normalized spacial score (nSPS) is 42.5. The van der Waals surface area contributed by atoms with Gasteiger partial charge < -0.3 is 110 Å². The zero-order valence-corrected chi connectivity index (χ0v) is 24.0. The molecule has 282 valence electrons. The van der Waals surface area contributed by atoms with Crippen LogP contribution in [0.5, 0.6) is 0 Å². The molecule has 3 aliphatic rings. The second-order valence-corrected chi connectivity index (χ2v) is 10.7. The molecule has 0 amide bonds. The highest BCUT2D eigenvalue weighted by Crippen LogP contribution is 2.32. The van der Waals surface area contributed by atoms with Crippen molar-refractivity contribution >= 4 is 46.7 Å². The first-order chi connectivity index (χ1) is 21.6. The smallest absolute Gasteiger partial charge is 0.316 e. The van der Waals surface area contributed by atoms with E-state index < -0.39 is 143 Å². The fraction of sp³-hybridized carbons (Fsp3) is 0.958. The first-order valence-corrected chi connectivity index (χ1v) is 13.9. The lowest BCUT2D eigenvalue weighted by molar-refractivity contribution is -0.377. The first-order valence-electron chi connectivity index (χ1n) is 13.9. The van der Waals surface area contributed by atoms with Crippen molar-refractivity contribution in [3.8, 4) is 0 Å². The van der Waals surface area contributed by atoms with Crippen LogP contribution in [0.1, 0.15) is 0 Å². The molecule has 0 spiro atoms. The summed E-state index contributed by atoms with van der Waals surface area (Å²) in [7, 11) is 0. The van der Waals surface area contributed by atoms with E-state index in [1.165, 1.54) is 0 Å². The van der Waals surface area contributed by atoms with Crippen LogP contribution in [-0.2, 0) is 28.5 Å². The Balaban J connectivity index is 0.00000135. The molecule has 0 aromatic carbocycles. The fourth-order valence-electron chi connectivity index (χ4n) is 4.68. The lowest BCUT2D eigenvalue weighted by Gasteiger charge is -2.47. The molecule has 16 N–H and O–H groups in total. The molecule has 3 saturated heterocycles. The summed E-state index contributed by atoms with van der Waals surface area (Å²) < 4.78 is 26.4. The summed E-state index contributed by atoms with van der Waals surface area (Å²) in [5.41, 5.74) is 0. The van der Waals surface area contributed by atoms with E-state index in [1.54, 1.807) is 0 Å². The molecule has 0 aromatic rings. The van der Waals surface area contributed by atoms with Gasteiger partial charge in [0.15, 0.2) is 42.5 Å². The SMILES string of the molecule is O=CC(O)C(O)C(O)C(O)CO.OCC1OC(OC2C(CO)OC(OC3C(CO)OC(O)C(O)C3O)C(O)C2O)C(O)C(O)C1O.[AlH3].[MgH2]. The molecule has 0 aromatic heterocycles. The summed E-state index contributed by atoms with van der Waals surface area (Å²) in [6.07, 6.45) is -32.0. The van der Waals surface area contributed by atoms with Gasteiger partial charge in [0.05, 0.1) is 26.4 Å². The highest BCUT2D eigenvalue weighted by atomic mass is 27.0. The highest BCUT2D eigenvalue weighted by Gasteiger charge is 2.53. The molecule has 3 aliphatic heterocycles. The number of hydrogen-bond acceptors (Lipinski definition) is 22. The number of carbonyl (C=O) groups is 1. The van der Waals surface area contributed by atoms with Crippen molar-refractivity contribution in [2.45, 2.75) is 117 Å². The number of hydrogen-bond donors (Lipinski definition) is 16. The van der Waals surface area contributed by atoms with Gasteiger partial charge in [0, 0.05) is 0 Å². The van der Waals surface area contributed by atoms with E-state index in [-0.39, 0.29) is 46.7 Å². The molecule has 48 heavy (non-hydrogen) atoms. The van der Waals surface area contributed by atoms with Crippen LogP contribution in [0.3, 0.4) is 0 Å². The van der Waals surface area contributed by atoms with Crippen LogP contribution in [0, 0.1) is 0 Å². The van der Waals surface area contributed by atoms with Crippen molar-refractivity contribution in [1.29, 1.82) is 0 Å². The largest absolute Gasteiger partial charge is 0.394 e. The van der Waals surface area contributed by atoms with Crippen LogP contribution in [0.25, 0.3) is 0 Å². The Kier molecular flexibility index (Phi) is 22.3. The van der Waals surface area contributed by atoms with Gasteiger partial charge >= 0.3 is 23.1 Å². The van der Waals surface area contributed by atoms with E-state index >= 15 is 0 Å². The zero-order chi connectivity index (χ0) is 35.0. The number of aliphatic hydroxyl groups is 16. The molecule has 19 atom stereocenters. The van der Waals surface area contributed by atoms with E-state index in [2.05, 4.69) is 0 Å². The average molecular weight is 741 g/mol. The maximum atomic E-state index is 10.6. The second-order valence-electron chi connectivity index (χ2n) is 10.7. The Labute approximate surface area is 299 Å². The molecule has 3 heterocycles. The second kappa shape index (κ2) is 22.3. The summed E-state index contributed by atoms with van der Waals surface area (Å²) >= 11 is 0. The van der Waals surface area contributed by atoms with Gasteiger partial charge in [-0.05, 0) is 0 Å². The first kappa shape index (κ1) is 48.1. The minimum absolute atomic E-state index is 0. The minimum atomic E-state index is -1.91. The van der Waals surface area contributed by atoms with Crippen molar-refractivity contribution in [1.82, 2.24) is 0 Å². The number of ether oxygens (including phenoxy) is 5. The third kappa shape index (κ3) is 11.6. The number of aliphatic hydroxyl groups excluding tert-OH is 16. The third-order valence-corrected chi connectivity index (χ3v) is 7.51. The van der Waals surface area contributed by atoms with Gasteiger partial charge in [-0.2, -0.15) is 0 Å². The van der Waals surface area contributed by atoms with Crippen LogP contribution in [0.15, 0.2) is 0 Å². The standard InChI is InChI=1S/C18H32O16.C6H12O6.Al.Mg.5H/c19-1-4-7(22)8(23)12(27)17(31-4)34-15-6(3-21)32-18(13(28)10(15)25)33-14-5(2-20)30-16(29)11(26)9(14)24;7-1-3(9)5(11)6(12)4(10)2-8;;;;;;;/h4-29H,1-3H2;1,3-6,8-12H,2H2;;;;;;;. The van der Waals surface area contributed by atoms with Gasteiger partial charge in [0.2, 0.25) is 0 Å². The van der Waals surface area contributed by atoms with Crippen molar-refractivity contribution in [3.63, 3.8) is 0 Å². The lowest BCUT2D eigenvalue weighted by atomic mass is 9.96. The summed E-state index contributed by atoms with van der Waals surface area (Å²) in [4.78, 5) is 9.90. The molecular weight excluding hydrogens is 692 g/mol. The summed E-state index contributed by atoms with van der Waals surface area (Å²) in [5.74, 6) is 0. The summed E-state index contributed by atoms with van der Waals surface area (Å²) in [5, 5.41) is 153. The van der Waals surface area contributed by atoms with E-state index in [0.717, 1.165) is 0 Å². The number of rotatable bonds is 12. The molecule has 24 heteroatoms. The maximum Gasteiger partial charge on any atom is 0.316 e. The fourth-order valence-corrected chi connectivity index (χ4v) is 4.68. The van der Waals surface area contributed by atoms with E-state index in [9.17, 15) is 61.0 Å². The summed E-state index contributed by atoms with van der Waals surface area (Å²) in [6.45, 7) is -3.08. The molecule has 22 nitrogen and oxygen atoms in total. The Morgan fingerprint density at radius 1 is 0.562 bits per heavy atom. The quantitative estimate of drug-likeness (QED) is 0.0652. The molecule has 19 unspecified atom stereocenters. The van der Waals surface area contributed by atoms with Gasteiger partial charge in [-0.3, -0.25) is 0 Å². The molecule has 3 fully saturated rings. The predicted octanol–water partition coefficient (Wildman–Crippen LogP) is -13.1.